The number of benzene rings is 2. The van der Waals surface area contributed by atoms with Gasteiger partial charge < -0.3 is 19.5 Å². The van der Waals surface area contributed by atoms with Crippen molar-refractivity contribution in [3.63, 3.8) is 0 Å². The van der Waals surface area contributed by atoms with Crippen molar-refractivity contribution in [2.24, 2.45) is 0 Å². The van der Waals surface area contributed by atoms with Crippen LogP contribution in [0.15, 0.2) is 48.5 Å². The molecule has 2 aromatic rings. The molecule has 6 heteroatoms. The molecule has 0 saturated carbocycles. The predicted molar refractivity (Wildman–Crippen MR) is 117 cm³/mol. The van der Waals surface area contributed by atoms with Crippen molar-refractivity contribution >= 4 is 17.6 Å². The number of ether oxygens (including phenoxy) is 3. The number of rotatable bonds is 10. The van der Waals surface area contributed by atoms with Crippen molar-refractivity contribution in [2.75, 3.05) is 32.2 Å². The van der Waals surface area contributed by atoms with E-state index in [4.69, 9.17) is 14.2 Å². The molecule has 0 heterocycles. The summed E-state index contributed by atoms with van der Waals surface area (Å²) < 4.78 is 15.6. The molecule has 0 unspecified atom stereocenters. The second kappa shape index (κ2) is 11.4. The van der Waals surface area contributed by atoms with Gasteiger partial charge in [-0.2, -0.15) is 0 Å². The van der Waals surface area contributed by atoms with Crippen LogP contribution in [0.25, 0.3) is 0 Å². The number of amides is 1. The molecule has 0 spiro atoms. The number of anilines is 1. The largest absolute Gasteiger partial charge is 0.494 e. The van der Waals surface area contributed by atoms with Gasteiger partial charge in [0.2, 0.25) is 5.91 Å². The fourth-order valence-electron chi connectivity index (χ4n) is 2.69. The minimum Gasteiger partial charge on any atom is -0.494 e. The van der Waals surface area contributed by atoms with Crippen molar-refractivity contribution in [3.8, 4) is 5.75 Å². The summed E-state index contributed by atoms with van der Waals surface area (Å²) in [5, 5.41) is 2.82. The van der Waals surface area contributed by atoms with Gasteiger partial charge in [0, 0.05) is 19.2 Å². The average Bonchev–Trinajstić information content (AvgIpc) is 2.71. The molecular weight excluding hydrogens is 382 g/mol. The molecule has 0 bridgehead atoms. The van der Waals surface area contributed by atoms with E-state index >= 15 is 0 Å². The standard InChI is InChI=1S/C24H31NO5/c1-24(2,3)19-9-13-21(14-10-19)29-15-5-6-22(26)25-20-11-7-18(8-12-20)23(27)30-17-16-28-4/h7-14H,5-6,15-17H2,1-4H3,(H,25,26). The molecule has 162 valence electrons. The van der Waals surface area contributed by atoms with E-state index in [1.54, 1.807) is 31.4 Å². The molecular formula is C24H31NO5. The zero-order valence-electron chi connectivity index (χ0n) is 18.2. The van der Waals surface area contributed by atoms with Crippen LogP contribution in [0.1, 0.15) is 49.5 Å². The van der Waals surface area contributed by atoms with E-state index < -0.39 is 5.97 Å². The van der Waals surface area contributed by atoms with Gasteiger partial charge in [-0.25, -0.2) is 4.79 Å². The number of nitrogens with one attached hydrogen (secondary N) is 1. The topological polar surface area (TPSA) is 73.9 Å². The average molecular weight is 414 g/mol. The zero-order valence-corrected chi connectivity index (χ0v) is 18.2. The Bertz CT molecular complexity index is 807. The number of carbonyl (C=O) groups is 2. The Morgan fingerprint density at radius 3 is 2.17 bits per heavy atom. The van der Waals surface area contributed by atoms with Crippen LogP contribution >= 0.6 is 0 Å². The van der Waals surface area contributed by atoms with Gasteiger partial charge in [0.05, 0.1) is 18.8 Å². The van der Waals surface area contributed by atoms with Crippen LogP contribution in [0.5, 0.6) is 5.75 Å². The van der Waals surface area contributed by atoms with Gasteiger partial charge in [-0.15, -0.1) is 0 Å². The Morgan fingerprint density at radius 2 is 1.57 bits per heavy atom. The predicted octanol–water partition coefficient (Wildman–Crippen LogP) is 4.59. The Labute approximate surface area is 178 Å². The molecule has 1 amide bonds. The van der Waals surface area contributed by atoms with Crippen molar-refractivity contribution < 1.29 is 23.8 Å². The smallest absolute Gasteiger partial charge is 0.338 e. The highest BCUT2D eigenvalue weighted by atomic mass is 16.6. The summed E-state index contributed by atoms with van der Waals surface area (Å²) in [6.07, 6.45) is 0.956. The van der Waals surface area contributed by atoms with E-state index in [1.165, 1.54) is 5.56 Å². The molecule has 0 aliphatic rings. The van der Waals surface area contributed by atoms with Gasteiger partial charge in [-0.1, -0.05) is 32.9 Å². The van der Waals surface area contributed by atoms with E-state index in [1.807, 2.05) is 12.1 Å². The third-order valence-corrected chi connectivity index (χ3v) is 4.46. The lowest BCUT2D eigenvalue weighted by Gasteiger charge is -2.19. The number of methoxy groups -OCH3 is 1. The summed E-state index contributed by atoms with van der Waals surface area (Å²) in [5.74, 6) is 0.283. The molecule has 1 N–H and O–H groups in total. The Balaban J connectivity index is 1.70. The molecule has 0 saturated heterocycles. The quantitative estimate of drug-likeness (QED) is 0.456. The summed E-state index contributed by atoms with van der Waals surface area (Å²) >= 11 is 0. The van der Waals surface area contributed by atoms with Crippen LogP contribution in [-0.4, -0.2) is 38.8 Å². The fourth-order valence-corrected chi connectivity index (χ4v) is 2.69. The summed E-state index contributed by atoms with van der Waals surface area (Å²) in [7, 11) is 1.54. The minimum absolute atomic E-state index is 0.0999. The fraction of sp³-hybridized carbons (Fsp3) is 0.417. The number of hydrogen-bond acceptors (Lipinski definition) is 5. The molecule has 30 heavy (non-hydrogen) atoms. The maximum atomic E-state index is 12.1. The maximum absolute atomic E-state index is 12.1. The van der Waals surface area contributed by atoms with Gasteiger partial charge in [-0.3, -0.25) is 4.79 Å². The zero-order chi connectivity index (χ0) is 22.0. The van der Waals surface area contributed by atoms with E-state index in [-0.39, 0.29) is 17.9 Å². The monoisotopic (exact) mass is 413 g/mol. The SMILES string of the molecule is COCCOC(=O)c1ccc(NC(=O)CCCOc2ccc(C(C)(C)C)cc2)cc1. The normalized spacial score (nSPS) is 11.1. The Kier molecular flexibility index (Phi) is 8.87. The number of esters is 1. The van der Waals surface area contributed by atoms with E-state index in [9.17, 15) is 9.59 Å². The van der Waals surface area contributed by atoms with Gasteiger partial charge in [0.25, 0.3) is 0 Å². The number of carbonyl (C=O) groups excluding carboxylic acids is 2. The van der Waals surface area contributed by atoms with E-state index in [0.717, 1.165) is 5.75 Å². The van der Waals surface area contributed by atoms with Crippen LogP contribution in [0, 0.1) is 0 Å². The first-order chi connectivity index (χ1) is 14.3. The van der Waals surface area contributed by atoms with Crippen molar-refractivity contribution in [2.45, 2.75) is 39.0 Å². The minimum atomic E-state index is -0.419. The van der Waals surface area contributed by atoms with Crippen LogP contribution in [0.3, 0.4) is 0 Å². The van der Waals surface area contributed by atoms with Gasteiger partial charge in [0.15, 0.2) is 0 Å². The first kappa shape index (κ1) is 23.4. The Morgan fingerprint density at radius 1 is 0.900 bits per heavy atom. The van der Waals surface area contributed by atoms with Gasteiger partial charge >= 0.3 is 5.97 Å². The molecule has 6 nitrogen and oxygen atoms in total. The maximum Gasteiger partial charge on any atom is 0.338 e. The molecule has 0 atom stereocenters. The lowest BCUT2D eigenvalue weighted by molar-refractivity contribution is -0.116. The molecule has 0 aliphatic carbocycles. The lowest BCUT2D eigenvalue weighted by Crippen LogP contribution is -2.13. The molecule has 0 fully saturated rings. The summed E-state index contributed by atoms with van der Waals surface area (Å²) in [6.45, 7) is 7.54. The molecule has 0 aliphatic heterocycles. The summed E-state index contributed by atoms with van der Waals surface area (Å²) in [4.78, 5) is 23.9. The second-order valence-electron chi connectivity index (χ2n) is 7.98. The molecule has 0 radical (unpaired) electrons. The highest BCUT2D eigenvalue weighted by Crippen LogP contribution is 2.24. The van der Waals surface area contributed by atoms with E-state index in [2.05, 4.69) is 38.2 Å². The first-order valence-corrected chi connectivity index (χ1v) is 10.1. The molecule has 2 rings (SSSR count). The number of hydrogen-bond donors (Lipinski definition) is 1. The second-order valence-corrected chi connectivity index (χ2v) is 7.98. The third kappa shape index (κ3) is 7.87. The summed E-state index contributed by atoms with van der Waals surface area (Å²) in [6, 6.07) is 14.7. The van der Waals surface area contributed by atoms with Gasteiger partial charge in [-0.05, 0) is 53.8 Å². The van der Waals surface area contributed by atoms with Crippen LogP contribution in [0.2, 0.25) is 0 Å². The van der Waals surface area contributed by atoms with Crippen molar-refractivity contribution in [1.29, 1.82) is 0 Å². The van der Waals surface area contributed by atoms with Crippen LogP contribution < -0.4 is 10.1 Å². The van der Waals surface area contributed by atoms with Crippen molar-refractivity contribution in [3.05, 3.63) is 59.7 Å². The highest BCUT2D eigenvalue weighted by Gasteiger charge is 2.13. The first-order valence-electron chi connectivity index (χ1n) is 10.1. The Hall–Kier alpha value is -2.86. The highest BCUT2D eigenvalue weighted by molar-refractivity contribution is 5.93. The van der Waals surface area contributed by atoms with E-state index in [0.29, 0.717) is 37.3 Å². The van der Waals surface area contributed by atoms with Crippen LogP contribution in [0.4, 0.5) is 5.69 Å². The molecule has 0 aromatic heterocycles. The lowest BCUT2D eigenvalue weighted by atomic mass is 9.87. The third-order valence-electron chi connectivity index (χ3n) is 4.46. The summed E-state index contributed by atoms with van der Waals surface area (Å²) in [5.41, 5.74) is 2.42. The van der Waals surface area contributed by atoms with Crippen LogP contribution in [-0.2, 0) is 19.7 Å². The van der Waals surface area contributed by atoms with Crippen molar-refractivity contribution in [1.82, 2.24) is 0 Å². The molecule has 2 aromatic carbocycles. The van der Waals surface area contributed by atoms with Gasteiger partial charge in [0.1, 0.15) is 12.4 Å².